The van der Waals surface area contributed by atoms with E-state index in [1.54, 1.807) is 9.80 Å². The molecule has 2 aliphatic rings. The van der Waals surface area contributed by atoms with E-state index in [4.69, 9.17) is 0 Å². The maximum Gasteiger partial charge on any atom is 0.255 e. The van der Waals surface area contributed by atoms with E-state index in [1.165, 1.54) is 5.56 Å². The van der Waals surface area contributed by atoms with E-state index in [2.05, 4.69) is 11.1 Å². The second-order valence-corrected chi connectivity index (χ2v) is 8.04. The third-order valence-corrected chi connectivity index (χ3v) is 6.25. The smallest absolute Gasteiger partial charge is 0.255 e. The number of amides is 2. The summed E-state index contributed by atoms with van der Waals surface area (Å²) in [7, 11) is 0. The Morgan fingerprint density at radius 2 is 1.82 bits per heavy atom. The largest absolute Gasteiger partial charge is 0.356 e. The zero-order valence-electron chi connectivity index (χ0n) is 16.2. The number of aromatic amines is 1. The second kappa shape index (κ2) is 5.96. The molecule has 2 amide bonds. The Labute approximate surface area is 163 Å². The number of nitrogens with one attached hydrogen (secondary N) is 1. The number of piperazine rings is 1. The molecule has 5 nitrogen and oxygen atoms in total. The average molecular weight is 373 g/mol. The molecular formula is C23H23N3O2. The van der Waals surface area contributed by atoms with E-state index >= 15 is 0 Å². The topological polar surface area (TPSA) is 56.4 Å². The normalized spacial score (nSPS) is 21.8. The molecule has 3 aromatic rings. The van der Waals surface area contributed by atoms with Crippen LogP contribution in [0, 0.1) is 6.92 Å². The molecule has 28 heavy (non-hydrogen) atoms. The van der Waals surface area contributed by atoms with E-state index in [1.807, 2.05) is 56.3 Å². The minimum atomic E-state index is -0.980. The van der Waals surface area contributed by atoms with Crippen LogP contribution in [0.15, 0.2) is 48.5 Å². The number of aryl methyl sites for hydroxylation is 1. The number of carbonyl (C=O) groups excluding carboxylic acids is 2. The maximum atomic E-state index is 13.6. The van der Waals surface area contributed by atoms with Gasteiger partial charge in [0.25, 0.3) is 5.91 Å². The van der Waals surface area contributed by atoms with Gasteiger partial charge in [-0.25, -0.2) is 0 Å². The third-order valence-electron chi connectivity index (χ3n) is 6.25. The monoisotopic (exact) mass is 373 g/mol. The summed E-state index contributed by atoms with van der Waals surface area (Å²) in [6, 6.07) is 16.2. The number of aromatic nitrogens is 1. The Morgan fingerprint density at radius 1 is 1.07 bits per heavy atom. The third kappa shape index (κ3) is 2.32. The van der Waals surface area contributed by atoms with Crippen LogP contribution in [0.1, 0.15) is 29.3 Å². The van der Waals surface area contributed by atoms with Crippen LogP contribution in [-0.2, 0) is 28.1 Å². The molecule has 0 unspecified atom stereocenters. The van der Waals surface area contributed by atoms with E-state index in [9.17, 15) is 9.59 Å². The predicted octanol–water partition coefficient (Wildman–Crippen LogP) is 3.12. The van der Waals surface area contributed by atoms with Gasteiger partial charge in [0.15, 0.2) is 5.54 Å². The van der Waals surface area contributed by atoms with Gasteiger partial charge in [0.05, 0.1) is 5.69 Å². The molecule has 1 atom stereocenters. The highest BCUT2D eigenvalue weighted by Crippen LogP contribution is 2.42. The molecule has 1 saturated heterocycles. The van der Waals surface area contributed by atoms with Crippen molar-refractivity contribution in [1.29, 1.82) is 0 Å². The van der Waals surface area contributed by atoms with Crippen molar-refractivity contribution in [1.82, 2.24) is 14.8 Å². The summed E-state index contributed by atoms with van der Waals surface area (Å²) in [5.41, 5.74) is 4.28. The van der Waals surface area contributed by atoms with Gasteiger partial charge in [-0.2, -0.15) is 0 Å². The Morgan fingerprint density at radius 3 is 2.61 bits per heavy atom. The number of fused-ring (bicyclic) bond motifs is 5. The summed E-state index contributed by atoms with van der Waals surface area (Å²) in [6.07, 6.45) is 0.770. The van der Waals surface area contributed by atoms with Crippen molar-refractivity contribution in [3.63, 3.8) is 0 Å². The van der Waals surface area contributed by atoms with Gasteiger partial charge in [0.1, 0.15) is 6.54 Å². The standard InChI is InChI=1S/C23H23N3O2/c1-15-7-9-16(10-8-15)13-25-14-20(27)26-12-11-18-17-5-3-4-6-19(17)24-21(18)23(26,2)22(25)28/h3-10,24H,11-14H2,1-2H3/t23-/m0/s1. The molecule has 142 valence electrons. The average Bonchev–Trinajstić information content (AvgIpc) is 3.08. The van der Waals surface area contributed by atoms with Crippen LogP contribution in [0.3, 0.4) is 0 Å². The lowest BCUT2D eigenvalue weighted by Gasteiger charge is -2.49. The van der Waals surface area contributed by atoms with Crippen molar-refractivity contribution < 1.29 is 9.59 Å². The van der Waals surface area contributed by atoms with E-state index in [0.29, 0.717) is 13.1 Å². The van der Waals surface area contributed by atoms with Crippen molar-refractivity contribution in [3.8, 4) is 0 Å². The molecule has 3 heterocycles. The summed E-state index contributed by atoms with van der Waals surface area (Å²) < 4.78 is 0. The quantitative estimate of drug-likeness (QED) is 0.750. The number of H-pyrrole nitrogens is 1. The van der Waals surface area contributed by atoms with Gasteiger partial charge in [-0.1, -0.05) is 48.0 Å². The first kappa shape index (κ1) is 17.0. The summed E-state index contributed by atoms with van der Waals surface area (Å²) >= 11 is 0. The zero-order valence-corrected chi connectivity index (χ0v) is 16.2. The number of hydrogen-bond acceptors (Lipinski definition) is 2. The second-order valence-electron chi connectivity index (χ2n) is 8.04. The molecule has 0 bridgehead atoms. The van der Waals surface area contributed by atoms with Crippen LogP contribution in [0.25, 0.3) is 10.9 Å². The van der Waals surface area contributed by atoms with Crippen LogP contribution < -0.4 is 0 Å². The lowest BCUT2D eigenvalue weighted by atomic mass is 9.83. The van der Waals surface area contributed by atoms with Crippen molar-refractivity contribution >= 4 is 22.7 Å². The van der Waals surface area contributed by atoms with E-state index in [0.717, 1.165) is 34.1 Å². The highest BCUT2D eigenvalue weighted by atomic mass is 16.2. The molecule has 0 aliphatic carbocycles. The van der Waals surface area contributed by atoms with Gasteiger partial charge in [-0.3, -0.25) is 9.59 Å². The minimum absolute atomic E-state index is 0.0125. The van der Waals surface area contributed by atoms with Crippen LogP contribution in [0.4, 0.5) is 0 Å². The highest BCUT2D eigenvalue weighted by Gasteiger charge is 2.53. The number of benzene rings is 2. The van der Waals surface area contributed by atoms with E-state index < -0.39 is 5.54 Å². The first-order valence-corrected chi connectivity index (χ1v) is 9.74. The number of rotatable bonds is 2. The Bertz CT molecular complexity index is 1100. The lowest BCUT2D eigenvalue weighted by molar-refractivity contribution is -0.166. The summed E-state index contributed by atoms with van der Waals surface area (Å²) in [4.78, 5) is 33.5. The zero-order chi connectivity index (χ0) is 19.5. The molecule has 5 rings (SSSR count). The number of carbonyl (C=O) groups is 2. The van der Waals surface area contributed by atoms with Crippen LogP contribution in [0.2, 0.25) is 0 Å². The summed E-state index contributed by atoms with van der Waals surface area (Å²) in [6.45, 7) is 5.09. The van der Waals surface area contributed by atoms with Gasteiger partial charge < -0.3 is 14.8 Å². The SMILES string of the molecule is Cc1ccc(CN2CC(=O)N3CCc4c([nH]c5ccccc45)[C@@]3(C)C2=O)cc1. The molecule has 2 aliphatic heterocycles. The molecule has 0 spiro atoms. The first-order valence-electron chi connectivity index (χ1n) is 9.74. The Hall–Kier alpha value is -3.08. The fourth-order valence-corrected chi connectivity index (χ4v) is 4.72. The van der Waals surface area contributed by atoms with Crippen molar-refractivity contribution in [2.24, 2.45) is 0 Å². The maximum absolute atomic E-state index is 13.6. The summed E-state index contributed by atoms with van der Waals surface area (Å²) in [5.74, 6) is -0.00120. The fraction of sp³-hybridized carbons (Fsp3) is 0.304. The van der Waals surface area contributed by atoms with Gasteiger partial charge >= 0.3 is 0 Å². The van der Waals surface area contributed by atoms with Crippen LogP contribution in [0.5, 0.6) is 0 Å². The van der Waals surface area contributed by atoms with Gasteiger partial charge in [-0.05, 0) is 37.5 Å². The molecule has 0 saturated carbocycles. The molecular weight excluding hydrogens is 350 g/mol. The molecule has 1 aromatic heterocycles. The molecule has 1 fully saturated rings. The number of para-hydroxylation sites is 1. The molecule has 5 heteroatoms. The lowest BCUT2D eigenvalue weighted by Crippen LogP contribution is -2.66. The van der Waals surface area contributed by atoms with E-state index in [-0.39, 0.29) is 18.4 Å². The van der Waals surface area contributed by atoms with Crippen LogP contribution >= 0.6 is 0 Å². The van der Waals surface area contributed by atoms with Gasteiger partial charge in [0.2, 0.25) is 5.91 Å². The van der Waals surface area contributed by atoms with Gasteiger partial charge in [-0.15, -0.1) is 0 Å². The number of nitrogens with zero attached hydrogens (tertiary/aromatic N) is 2. The van der Waals surface area contributed by atoms with Crippen molar-refractivity contribution in [2.45, 2.75) is 32.4 Å². The minimum Gasteiger partial charge on any atom is -0.356 e. The Kier molecular flexibility index (Phi) is 3.63. The number of hydrogen-bond donors (Lipinski definition) is 1. The van der Waals surface area contributed by atoms with Crippen molar-refractivity contribution in [3.05, 3.63) is 70.9 Å². The van der Waals surface area contributed by atoms with Crippen molar-refractivity contribution in [2.75, 3.05) is 13.1 Å². The Balaban J connectivity index is 1.58. The first-order chi connectivity index (χ1) is 13.5. The van der Waals surface area contributed by atoms with Gasteiger partial charge in [0, 0.05) is 24.0 Å². The molecule has 0 radical (unpaired) electrons. The summed E-state index contributed by atoms with van der Waals surface area (Å²) in [5, 5.41) is 1.15. The molecule has 2 aromatic carbocycles. The molecule has 1 N–H and O–H groups in total. The van der Waals surface area contributed by atoms with Crippen LogP contribution in [-0.4, -0.2) is 39.7 Å². The predicted molar refractivity (Wildman–Crippen MR) is 108 cm³/mol. The highest BCUT2D eigenvalue weighted by molar-refractivity contribution is 6.00. The fourth-order valence-electron chi connectivity index (χ4n) is 4.72.